The monoisotopic (exact) mass is 321 g/mol. The topological polar surface area (TPSA) is 88.6 Å². The Morgan fingerprint density at radius 1 is 1.37 bits per heavy atom. The van der Waals surface area contributed by atoms with E-state index in [-0.39, 0.29) is 17.1 Å². The average Bonchev–Trinajstić information content (AvgIpc) is 2.37. The van der Waals surface area contributed by atoms with Crippen LogP contribution in [0.5, 0.6) is 5.75 Å². The lowest BCUT2D eigenvalue weighted by Gasteiger charge is -1.98. The SMILES string of the molecule is O=[N+]([O-])c1ccc(O)c(N=Cc2cccc(Br)n2)c1. The minimum Gasteiger partial charge on any atom is -0.506 e. The highest BCUT2D eigenvalue weighted by atomic mass is 79.9. The molecule has 0 aliphatic carbocycles. The number of benzene rings is 1. The van der Waals surface area contributed by atoms with Gasteiger partial charge in [-0.05, 0) is 34.1 Å². The molecule has 0 bridgehead atoms. The van der Waals surface area contributed by atoms with E-state index in [0.717, 1.165) is 0 Å². The van der Waals surface area contributed by atoms with Gasteiger partial charge in [0.1, 0.15) is 16.0 Å². The van der Waals surface area contributed by atoms with E-state index < -0.39 is 4.92 Å². The van der Waals surface area contributed by atoms with Crippen LogP contribution in [0, 0.1) is 10.1 Å². The van der Waals surface area contributed by atoms with Crippen LogP contribution in [0.4, 0.5) is 11.4 Å². The van der Waals surface area contributed by atoms with Crippen molar-refractivity contribution in [3.05, 3.63) is 56.8 Å². The number of aromatic hydroxyl groups is 1. The van der Waals surface area contributed by atoms with Gasteiger partial charge in [-0.15, -0.1) is 0 Å². The van der Waals surface area contributed by atoms with Crippen LogP contribution in [0.15, 0.2) is 46.0 Å². The summed E-state index contributed by atoms with van der Waals surface area (Å²) in [5.74, 6) is -0.128. The van der Waals surface area contributed by atoms with Crippen LogP contribution in [0.2, 0.25) is 0 Å². The van der Waals surface area contributed by atoms with E-state index in [0.29, 0.717) is 10.3 Å². The smallest absolute Gasteiger partial charge is 0.271 e. The molecule has 0 amide bonds. The zero-order valence-electron chi connectivity index (χ0n) is 9.52. The molecule has 0 radical (unpaired) electrons. The lowest BCUT2D eigenvalue weighted by atomic mass is 10.2. The van der Waals surface area contributed by atoms with E-state index in [9.17, 15) is 15.2 Å². The van der Waals surface area contributed by atoms with Crippen molar-refractivity contribution < 1.29 is 10.0 Å². The number of rotatable bonds is 3. The molecule has 0 aliphatic heterocycles. The van der Waals surface area contributed by atoms with E-state index in [1.807, 2.05) is 0 Å². The Balaban J connectivity index is 2.32. The first kappa shape index (κ1) is 13.2. The highest BCUT2D eigenvalue weighted by Crippen LogP contribution is 2.30. The Morgan fingerprint density at radius 3 is 2.84 bits per heavy atom. The number of aliphatic imine (C=N–C) groups is 1. The van der Waals surface area contributed by atoms with Crippen LogP contribution in [0.1, 0.15) is 5.69 Å². The maximum absolute atomic E-state index is 10.6. The summed E-state index contributed by atoms with van der Waals surface area (Å²) in [4.78, 5) is 18.2. The van der Waals surface area contributed by atoms with Crippen LogP contribution in [0.3, 0.4) is 0 Å². The van der Waals surface area contributed by atoms with Gasteiger partial charge in [0, 0.05) is 12.1 Å². The lowest BCUT2D eigenvalue weighted by Crippen LogP contribution is -1.88. The Hall–Kier alpha value is -2.28. The molecule has 2 rings (SSSR count). The first-order chi connectivity index (χ1) is 9.06. The maximum Gasteiger partial charge on any atom is 0.271 e. The van der Waals surface area contributed by atoms with Crippen molar-refractivity contribution in [2.75, 3.05) is 0 Å². The molecule has 1 aromatic heterocycles. The fourth-order valence-corrected chi connectivity index (χ4v) is 1.72. The van der Waals surface area contributed by atoms with Crippen molar-refractivity contribution in [3.63, 3.8) is 0 Å². The number of pyridine rings is 1. The molecule has 96 valence electrons. The molecule has 0 spiro atoms. The van der Waals surface area contributed by atoms with Gasteiger partial charge in [0.25, 0.3) is 5.69 Å². The zero-order chi connectivity index (χ0) is 13.8. The molecular weight excluding hydrogens is 314 g/mol. The Kier molecular flexibility index (Phi) is 3.86. The van der Waals surface area contributed by atoms with Crippen LogP contribution in [-0.2, 0) is 0 Å². The van der Waals surface area contributed by atoms with Gasteiger partial charge in [-0.2, -0.15) is 0 Å². The molecule has 0 fully saturated rings. The zero-order valence-corrected chi connectivity index (χ0v) is 11.1. The minimum absolute atomic E-state index is 0.121. The second-order valence-corrected chi connectivity index (χ2v) is 4.39. The molecule has 1 N–H and O–H groups in total. The van der Waals surface area contributed by atoms with E-state index in [2.05, 4.69) is 25.9 Å². The number of nitrogens with zero attached hydrogens (tertiary/aromatic N) is 3. The summed E-state index contributed by atoms with van der Waals surface area (Å²) in [6.45, 7) is 0. The summed E-state index contributed by atoms with van der Waals surface area (Å²) in [5.41, 5.74) is 0.559. The number of aromatic nitrogens is 1. The first-order valence-electron chi connectivity index (χ1n) is 5.20. The molecule has 0 aliphatic rings. The van der Waals surface area contributed by atoms with Crippen LogP contribution >= 0.6 is 15.9 Å². The molecule has 19 heavy (non-hydrogen) atoms. The summed E-state index contributed by atoms with van der Waals surface area (Å²) in [6, 6.07) is 8.92. The Morgan fingerprint density at radius 2 is 2.16 bits per heavy atom. The lowest BCUT2D eigenvalue weighted by molar-refractivity contribution is -0.384. The third-order valence-electron chi connectivity index (χ3n) is 2.24. The van der Waals surface area contributed by atoms with Crippen LogP contribution in [0.25, 0.3) is 0 Å². The maximum atomic E-state index is 10.6. The van der Waals surface area contributed by atoms with Gasteiger partial charge in [0.15, 0.2) is 0 Å². The first-order valence-corrected chi connectivity index (χ1v) is 5.99. The number of phenolic OH excluding ortho intramolecular Hbond substituents is 1. The predicted molar refractivity (Wildman–Crippen MR) is 74.0 cm³/mol. The second-order valence-electron chi connectivity index (χ2n) is 3.57. The molecule has 6 nitrogen and oxygen atoms in total. The summed E-state index contributed by atoms with van der Waals surface area (Å²) in [7, 11) is 0. The Bertz CT molecular complexity index is 658. The highest BCUT2D eigenvalue weighted by Gasteiger charge is 2.09. The van der Waals surface area contributed by atoms with Gasteiger partial charge in [-0.3, -0.25) is 15.1 Å². The summed E-state index contributed by atoms with van der Waals surface area (Å²) in [5, 5.41) is 20.2. The number of non-ortho nitro benzene ring substituents is 1. The third kappa shape index (κ3) is 3.35. The van der Waals surface area contributed by atoms with Crippen molar-refractivity contribution >= 4 is 33.5 Å². The molecule has 1 heterocycles. The number of hydrogen-bond donors (Lipinski definition) is 1. The number of halogens is 1. The summed E-state index contributed by atoms with van der Waals surface area (Å²) in [6.07, 6.45) is 1.42. The van der Waals surface area contributed by atoms with Gasteiger partial charge in [0.2, 0.25) is 0 Å². The number of hydrogen-bond acceptors (Lipinski definition) is 5. The normalized spacial score (nSPS) is 10.8. The van der Waals surface area contributed by atoms with Crippen molar-refractivity contribution in [2.24, 2.45) is 4.99 Å². The molecule has 0 saturated heterocycles. The number of phenols is 1. The van der Waals surface area contributed by atoms with E-state index in [1.54, 1.807) is 18.2 Å². The molecule has 0 unspecified atom stereocenters. The van der Waals surface area contributed by atoms with Gasteiger partial charge < -0.3 is 5.11 Å². The minimum atomic E-state index is -0.546. The standard InChI is InChI=1S/C12H8BrN3O3/c13-12-3-1-2-8(15-12)7-14-10-6-9(16(18)19)4-5-11(10)17/h1-7,17H. The quantitative estimate of drug-likeness (QED) is 0.407. The average molecular weight is 322 g/mol. The van der Waals surface area contributed by atoms with Crippen molar-refractivity contribution in [1.29, 1.82) is 0 Å². The van der Waals surface area contributed by atoms with Gasteiger partial charge in [-0.1, -0.05) is 6.07 Å². The number of nitro groups is 1. The fraction of sp³-hybridized carbons (Fsp3) is 0. The largest absolute Gasteiger partial charge is 0.506 e. The van der Waals surface area contributed by atoms with Crippen molar-refractivity contribution in [3.8, 4) is 5.75 Å². The van der Waals surface area contributed by atoms with Crippen molar-refractivity contribution in [1.82, 2.24) is 4.98 Å². The van der Waals surface area contributed by atoms with E-state index >= 15 is 0 Å². The molecule has 7 heteroatoms. The van der Waals surface area contributed by atoms with Gasteiger partial charge >= 0.3 is 0 Å². The Labute approximate surface area is 116 Å². The van der Waals surface area contributed by atoms with Gasteiger partial charge in [0.05, 0.1) is 16.8 Å². The second kappa shape index (κ2) is 5.57. The predicted octanol–water partition coefficient (Wildman–Crippen LogP) is 3.21. The molecular formula is C12H8BrN3O3. The number of nitro benzene ring substituents is 1. The third-order valence-corrected chi connectivity index (χ3v) is 2.68. The van der Waals surface area contributed by atoms with E-state index in [4.69, 9.17) is 0 Å². The molecule has 1 aromatic carbocycles. The van der Waals surface area contributed by atoms with E-state index in [1.165, 1.54) is 24.4 Å². The molecule has 0 saturated carbocycles. The highest BCUT2D eigenvalue weighted by molar-refractivity contribution is 9.10. The van der Waals surface area contributed by atoms with Crippen LogP contribution in [-0.4, -0.2) is 21.2 Å². The molecule has 0 atom stereocenters. The summed E-state index contributed by atoms with van der Waals surface area (Å²) >= 11 is 3.22. The molecule has 2 aromatic rings. The van der Waals surface area contributed by atoms with Crippen LogP contribution < -0.4 is 0 Å². The summed E-state index contributed by atoms with van der Waals surface area (Å²) < 4.78 is 0.653. The van der Waals surface area contributed by atoms with Gasteiger partial charge in [-0.25, -0.2) is 4.98 Å². The van der Waals surface area contributed by atoms with Crippen molar-refractivity contribution in [2.45, 2.75) is 0 Å². The fourth-order valence-electron chi connectivity index (χ4n) is 1.36.